The normalized spacial score (nSPS) is 26.1. The summed E-state index contributed by atoms with van der Waals surface area (Å²) >= 11 is 0. The van der Waals surface area contributed by atoms with Crippen molar-refractivity contribution in [3.05, 3.63) is 29.3 Å². The van der Waals surface area contributed by atoms with Crippen LogP contribution in [0.25, 0.3) is 0 Å². The van der Waals surface area contributed by atoms with Crippen LogP contribution in [0.5, 0.6) is 0 Å². The fourth-order valence-electron chi connectivity index (χ4n) is 3.26. The number of nitrogens with zero attached hydrogens (tertiary/aromatic N) is 1. The van der Waals surface area contributed by atoms with Gasteiger partial charge in [0, 0.05) is 18.6 Å². The number of alkyl halides is 3. The molecular formula is C14H14F3N3O. The van der Waals surface area contributed by atoms with Crippen LogP contribution in [0, 0.1) is 0 Å². The number of amides is 1. The molecule has 1 amide bonds. The Morgan fingerprint density at radius 2 is 2.05 bits per heavy atom. The molecule has 0 bridgehead atoms. The molecule has 2 heterocycles. The second-order valence-corrected chi connectivity index (χ2v) is 5.98. The molecule has 1 aromatic rings. The molecule has 1 atom stereocenters. The quantitative estimate of drug-likeness (QED) is 0.766. The molecule has 2 fully saturated rings. The van der Waals surface area contributed by atoms with E-state index in [1.807, 2.05) is 4.90 Å². The van der Waals surface area contributed by atoms with Gasteiger partial charge in [-0.2, -0.15) is 13.2 Å². The lowest BCUT2D eigenvalue weighted by molar-refractivity contribution is -0.137. The molecule has 1 aliphatic carbocycles. The summed E-state index contributed by atoms with van der Waals surface area (Å²) in [6.45, 7) is 1.19. The summed E-state index contributed by atoms with van der Waals surface area (Å²) in [7, 11) is 0. The zero-order valence-corrected chi connectivity index (χ0v) is 11.1. The van der Waals surface area contributed by atoms with Gasteiger partial charge in [-0.05, 0) is 25.0 Å². The maximum Gasteiger partial charge on any atom is 0.417 e. The molecule has 4 nitrogen and oxygen atoms in total. The Bertz CT molecular complexity index is 624. The zero-order chi connectivity index (χ0) is 14.8. The van der Waals surface area contributed by atoms with Crippen LogP contribution in [0.4, 0.5) is 18.9 Å². The number of halogens is 3. The van der Waals surface area contributed by atoms with Crippen molar-refractivity contribution in [2.45, 2.75) is 30.7 Å². The van der Waals surface area contributed by atoms with Crippen molar-refractivity contribution in [3.63, 3.8) is 0 Å². The van der Waals surface area contributed by atoms with Crippen LogP contribution >= 0.6 is 0 Å². The van der Waals surface area contributed by atoms with Crippen molar-refractivity contribution < 1.29 is 18.0 Å². The van der Waals surface area contributed by atoms with E-state index in [-0.39, 0.29) is 17.3 Å². The summed E-state index contributed by atoms with van der Waals surface area (Å²) < 4.78 is 39.4. The van der Waals surface area contributed by atoms with Gasteiger partial charge in [0.2, 0.25) is 0 Å². The standard InChI is InChI=1S/C14H14F3N3O/c15-14(16,17)8-2-1-3-9-11(8)12(21)19-10-6-18-13(4-5-13)7-20(9)10/h1-3,10,18H,4-7H2,(H,19,21). The number of benzene rings is 1. The first-order valence-corrected chi connectivity index (χ1v) is 6.92. The lowest BCUT2D eigenvalue weighted by Gasteiger charge is -2.46. The first kappa shape index (κ1) is 12.9. The number of nitrogens with one attached hydrogen (secondary N) is 2. The number of hydrogen-bond donors (Lipinski definition) is 2. The van der Waals surface area contributed by atoms with Crippen molar-refractivity contribution in [1.82, 2.24) is 10.6 Å². The molecule has 2 N–H and O–H groups in total. The molecule has 21 heavy (non-hydrogen) atoms. The summed E-state index contributed by atoms with van der Waals surface area (Å²) in [6.07, 6.45) is -2.75. The van der Waals surface area contributed by atoms with Gasteiger partial charge in [-0.15, -0.1) is 0 Å². The van der Waals surface area contributed by atoms with E-state index < -0.39 is 17.6 Å². The molecule has 1 saturated heterocycles. The molecule has 112 valence electrons. The van der Waals surface area contributed by atoms with E-state index in [1.165, 1.54) is 6.07 Å². The predicted molar refractivity (Wildman–Crippen MR) is 70.0 cm³/mol. The third-order valence-electron chi connectivity index (χ3n) is 4.56. The smallest absolute Gasteiger partial charge is 0.348 e. The van der Waals surface area contributed by atoms with E-state index in [1.54, 1.807) is 6.07 Å². The minimum absolute atomic E-state index is 0.0179. The summed E-state index contributed by atoms with van der Waals surface area (Å²) in [6, 6.07) is 3.95. The number of fused-ring (bicyclic) bond motifs is 3. The number of piperazine rings is 1. The Balaban J connectivity index is 1.83. The fraction of sp³-hybridized carbons (Fsp3) is 0.500. The van der Waals surface area contributed by atoms with Crippen molar-refractivity contribution >= 4 is 11.6 Å². The van der Waals surface area contributed by atoms with Crippen molar-refractivity contribution in [1.29, 1.82) is 0 Å². The van der Waals surface area contributed by atoms with Crippen LogP contribution in [0.1, 0.15) is 28.8 Å². The van der Waals surface area contributed by atoms with E-state index >= 15 is 0 Å². The topological polar surface area (TPSA) is 44.4 Å². The molecule has 3 aliphatic rings. The lowest BCUT2D eigenvalue weighted by Crippen LogP contribution is -2.66. The Morgan fingerprint density at radius 1 is 1.29 bits per heavy atom. The van der Waals surface area contributed by atoms with Gasteiger partial charge < -0.3 is 15.5 Å². The largest absolute Gasteiger partial charge is 0.417 e. The van der Waals surface area contributed by atoms with Crippen LogP contribution in [-0.2, 0) is 6.18 Å². The SMILES string of the molecule is O=C1NC2CNC3(CC3)CN2c2cccc(C(F)(F)F)c21. The van der Waals surface area contributed by atoms with Crippen LogP contribution in [0.15, 0.2) is 18.2 Å². The van der Waals surface area contributed by atoms with E-state index in [2.05, 4.69) is 10.6 Å². The number of carbonyl (C=O) groups is 1. The minimum Gasteiger partial charge on any atom is -0.348 e. The molecular weight excluding hydrogens is 283 g/mol. The second kappa shape index (κ2) is 3.91. The van der Waals surface area contributed by atoms with Gasteiger partial charge in [0.05, 0.1) is 16.8 Å². The maximum atomic E-state index is 13.1. The zero-order valence-electron chi connectivity index (χ0n) is 11.1. The summed E-state index contributed by atoms with van der Waals surface area (Å²) in [4.78, 5) is 14.0. The summed E-state index contributed by atoms with van der Waals surface area (Å²) in [5.74, 6) is -0.646. The highest BCUT2D eigenvalue weighted by molar-refractivity contribution is 6.03. The van der Waals surface area contributed by atoms with E-state index in [0.29, 0.717) is 18.8 Å². The third kappa shape index (κ3) is 1.91. The van der Waals surface area contributed by atoms with E-state index in [0.717, 1.165) is 18.9 Å². The average molecular weight is 297 g/mol. The first-order chi connectivity index (χ1) is 9.90. The van der Waals surface area contributed by atoms with Crippen LogP contribution in [-0.4, -0.2) is 30.7 Å². The first-order valence-electron chi connectivity index (χ1n) is 6.92. The molecule has 0 aromatic heterocycles. The van der Waals surface area contributed by atoms with Crippen molar-refractivity contribution in [3.8, 4) is 0 Å². The highest BCUT2D eigenvalue weighted by atomic mass is 19.4. The van der Waals surface area contributed by atoms with Crippen molar-refractivity contribution in [2.75, 3.05) is 18.0 Å². The van der Waals surface area contributed by atoms with Gasteiger partial charge in [-0.25, -0.2) is 0 Å². The van der Waals surface area contributed by atoms with E-state index in [9.17, 15) is 18.0 Å². The number of anilines is 1. The van der Waals surface area contributed by atoms with Crippen molar-refractivity contribution in [2.24, 2.45) is 0 Å². The predicted octanol–water partition coefficient (Wildman–Crippen LogP) is 1.72. The summed E-state index contributed by atoms with van der Waals surface area (Å²) in [5.41, 5.74) is -0.700. The van der Waals surface area contributed by atoms with Gasteiger partial charge in [-0.1, -0.05) is 6.07 Å². The molecule has 1 unspecified atom stereocenters. The Kier molecular flexibility index (Phi) is 2.41. The molecule has 4 rings (SSSR count). The van der Waals surface area contributed by atoms with Crippen LogP contribution < -0.4 is 15.5 Å². The monoisotopic (exact) mass is 297 g/mol. The van der Waals surface area contributed by atoms with Gasteiger partial charge in [0.15, 0.2) is 0 Å². The van der Waals surface area contributed by atoms with Crippen LogP contribution in [0.3, 0.4) is 0 Å². The third-order valence-corrected chi connectivity index (χ3v) is 4.56. The number of rotatable bonds is 0. The number of hydrogen-bond acceptors (Lipinski definition) is 3. The van der Waals surface area contributed by atoms with Gasteiger partial charge in [0.1, 0.15) is 6.17 Å². The van der Waals surface area contributed by atoms with E-state index in [4.69, 9.17) is 0 Å². The Labute approximate surface area is 119 Å². The Morgan fingerprint density at radius 3 is 2.71 bits per heavy atom. The number of carbonyl (C=O) groups excluding carboxylic acids is 1. The summed E-state index contributed by atoms with van der Waals surface area (Å²) in [5, 5.41) is 6.06. The molecule has 1 spiro atoms. The second-order valence-electron chi connectivity index (χ2n) is 5.98. The van der Waals surface area contributed by atoms with Gasteiger partial charge >= 0.3 is 6.18 Å². The van der Waals surface area contributed by atoms with Gasteiger partial charge in [-0.3, -0.25) is 4.79 Å². The van der Waals surface area contributed by atoms with Gasteiger partial charge in [0.25, 0.3) is 5.91 Å². The minimum atomic E-state index is -4.53. The molecule has 1 aromatic carbocycles. The average Bonchev–Trinajstić information content (AvgIpc) is 3.18. The highest BCUT2D eigenvalue weighted by Crippen LogP contribution is 2.43. The molecule has 0 radical (unpaired) electrons. The Hall–Kier alpha value is -1.76. The molecule has 1 saturated carbocycles. The van der Waals surface area contributed by atoms with Crippen LogP contribution in [0.2, 0.25) is 0 Å². The highest BCUT2D eigenvalue weighted by Gasteiger charge is 2.51. The fourth-order valence-corrected chi connectivity index (χ4v) is 3.26. The molecule has 7 heteroatoms. The lowest BCUT2D eigenvalue weighted by atomic mass is 9.98. The molecule has 2 aliphatic heterocycles. The maximum absolute atomic E-state index is 13.1.